The quantitative estimate of drug-likeness (QED) is 0.689. The molecule has 1 atom stereocenters. The van der Waals surface area contributed by atoms with Gasteiger partial charge in [-0.3, -0.25) is 4.99 Å². The molecule has 0 aliphatic rings. The van der Waals surface area contributed by atoms with Crippen LogP contribution >= 0.6 is 0 Å². The van der Waals surface area contributed by atoms with Crippen molar-refractivity contribution in [2.75, 3.05) is 0 Å². The molecule has 3 aromatic carbocycles. The molecule has 0 spiro atoms. The first-order chi connectivity index (χ1) is 10.2. The van der Waals surface area contributed by atoms with E-state index in [0.29, 0.717) is 0 Å². The minimum atomic E-state index is 0.0667. The molecule has 3 aromatic rings. The summed E-state index contributed by atoms with van der Waals surface area (Å²) in [6.45, 7) is 2.05. The van der Waals surface area contributed by atoms with Gasteiger partial charge in [-0.2, -0.15) is 0 Å². The number of hydrogen-bond acceptors (Lipinski definition) is 2. The van der Waals surface area contributed by atoms with Gasteiger partial charge in [0.2, 0.25) is 0 Å². The Bertz CT molecular complexity index is 778. The van der Waals surface area contributed by atoms with E-state index in [1.54, 1.807) is 12.3 Å². The smallest absolute Gasteiger partial charge is 0.124 e. The van der Waals surface area contributed by atoms with Crippen LogP contribution in [0.25, 0.3) is 10.8 Å². The third-order valence-corrected chi connectivity index (χ3v) is 3.61. The molecule has 3 rings (SSSR count). The van der Waals surface area contributed by atoms with Gasteiger partial charge in [-0.25, -0.2) is 0 Å². The summed E-state index contributed by atoms with van der Waals surface area (Å²) in [4.78, 5) is 4.55. The number of phenols is 1. The maximum atomic E-state index is 10.1. The second-order valence-electron chi connectivity index (χ2n) is 5.12. The Hall–Kier alpha value is -2.61. The molecule has 0 aliphatic carbocycles. The highest BCUT2D eigenvalue weighted by Crippen LogP contribution is 2.24. The first-order valence-electron chi connectivity index (χ1n) is 7.04. The average Bonchev–Trinajstić information content (AvgIpc) is 2.53. The lowest BCUT2D eigenvalue weighted by Crippen LogP contribution is -1.91. The van der Waals surface area contributed by atoms with Gasteiger partial charge in [0.05, 0.1) is 6.04 Å². The van der Waals surface area contributed by atoms with E-state index >= 15 is 0 Å². The topological polar surface area (TPSA) is 32.6 Å². The van der Waals surface area contributed by atoms with Crippen LogP contribution < -0.4 is 0 Å². The molecular formula is C19H17NO. The fraction of sp³-hybridized carbons (Fsp3) is 0.105. The van der Waals surface area contributed by atoms with Crippen molar-refractivity contribution in [2.24, 2.45) is 4.99 Å². The van der Waals surface area contributed by atoms with Crippen LogP contribution in [0.15, 0.2) is 71.7 Å². The van der Waals surface area contributed by atoms with E-state index in [1.165, 1.54) is 0 Å². The van der Waals surface area contributed by atoms with Gasteiger partial charge in [-0.1, -0.05) is 54.6 Å². The van der Waals surface area contributed by atoms with Crippen molar-refractivity contribution in [2.45, 2.75) is 13.0 Å². The van der Waals surface area contributed by atoms with Crippen molar-refractivity contribution in [3.63, 3.8) is 0 Å². The zero-order valence-electron chi connectivity index (χ0n) is 11.9. The molecule has 104 valence electrons. The fourth-order valence-corrected chi connectivity index (χ4v) is 2.36. The van der Waals surface area contributed by atoms with E-state index < -0.39 is 0 Å². The zero-order chi connectivity index (χ0) is 14.7. The number of fused-ring (bicyclic) bond motifs is 1. The summed E-state index contributed by atoms with van der Waals surface area (Å²) in [7, 11) is 0. The van der Waals surface area contributed by atoms with Gasteiger partial charge >= 0.3 is 0 Å². The predicted octanol–water partition coefficient (Wildman–Crippen LogP) is 4.73. The third kappa shape index (κ3) is 2.95. The Morgan fingerprint density at radius 3 is 2.24 bits per heavy atom. The van der Waals surface area contributed by atoms with Gasteiger partial charge in [0.1, 0.15) is 5.75 Å². The molecule has 0 radical (unpaired) electrons. The molecule has 1 N–H and O–H groups in total. The summed E-state index contributed by atoms with van der Waals surface area (Å²) in [5.74, 6) is 0.262. The van der Waals surface area contributed by atoms with Gasteiger partial charge in [-0.05, 0) is 35.4 Å². The lowest BCUT2D eigenvalue weighted by molar-refractivity contribution is 0.475. The van der Waals surface area contributed by atoms with Crippen LogP contribution in [0.4, 0.5) is 0 Å². The summed E-state index contributed by atoms with van der Waals surface area (Å²) in [5.41, 5.74) is 1.91. The molecule has 0 saturated heterocycles. The summed E-state index contributed by atoms with van der Waals surface area (Å²) in [6.07, 6.45) is 1.75. The average molecular weight is 275 g/mol. The first kappa shape index (κ1) is 13.4. The van der Waals surface area contributed by atoms with E-state index in [9.17, 15) is 5.11 Å². The van der Waals surface area contributed by atoms with Crippen LogP contribution in [0.2, 0.25) is 0 Å². The number of phenolic OH excluding ortho intramolecular Hbond substituents is 1. The van der Waals surface area contributed by atoms with Gasteiger partial charge in [-0.15, -0.1) is 0 Å². The molecule has 0 bridgehead atoms. The Labute approximate surface area is 124 Å². The highest BCUT2D eigenvalue weighted by molar-refractivity contribution is 5.93. The zero-order valence-corrected chi connectivity index (χ0v) is 11.9. The Kier molecular flexibility index (Phi) is 3.69. The Morgan fingerprint density at radius 2 is 1.52 bits per heavy atom. The molecule has 0 amide bonds. The lowest BCUT2D eigenvalue weighted by atomic mass is 10.1. The van der Waals surface area contributed by atoms with Crippen molar-refractivity contribution in [3.8, 4) is 5.75 Å². The molecule has 0 fully saturated rings. The van der Waals surface area contributed by atoms with Crippen LogP contribution in [-0.2, 0) is 0 Å². The number of aromatic hydroxyl groups is 1. The third-order valence-electron chi connectivity index (χ3n) is 3.61. The van der Waals surface area contributed by atoms with Gasteiger partial charge in [0, 0.05) is 11.8 Å². The Morgan fingerprint density at radius 1 is 0.905 bits per heavy atom. The van der Waals surface area contributed by atoms with E-state index in [4.69, 9.17) is 0 Å². The molecule has 1 unspecified atom stereocenters. The SMILES string of the molecule is CC(N=Cc1cc2ccccc2cc1O)c1ccccc1. The molecule has 2 nitrogen and oxygen atoms in total. The molecular weight excluding hydrogens is 258 g/mol. The second kappa shape index (κ2) is 5.80. The first-order valence-corrected chi connectivity index (χ1v) is 7.04. The van der Waals surface area contributed by atoms with Crippen molar-refractivity contribution in [1.29, 1.82) is 0 Å². The normalized spacial score (nSPS) is 12.8. The van der Waals surface area contributed by atoms with Crippen LogP contribution in [0.1, 0.15) is 24.1 Å². The van der Waals surface area contributed by atoms with Crippen LogP contribution in [0, 0.1) is 0 Å². The van der Waals surface area contributed by atoms with Crippen LogP contribution in [0.3, 0.4) is 0 Å². The largest absolute Gasteiger partial charge is 0.507 e. The number of benzene rings is 3. The second-order valence-corrected chi connectivity index (χ2v) is 5.12. The van der Waals surface area contributed by atoms with E-state index in [0.717, 1.165) is 21.9 Å². The fourth-order valence-electron chi connectivity index (χ4n) is 2.36. The van der Waals surface area contributed by atoms with Crippen LogP contribution in [-0.4, -0.2) is 11.3 Å². The van der Waals surface area contributed by atoms with Crippen molar-refractivity contribution >= 4 is 17.0 Å². The summed E-state index contributed by atoms with van der Waals surface area (Å²) < 4.78 is 0. The summed E-state index contributed by atoms with van der Waals surface area (Å²) >= 11 is 0. The molecule has 0 saturated carbocycles. The highest BCUT2D eigenvalue weighted by atomic mass is 16.3. The summed E-state index contributed by atoms with van der Waals surface area (Å²) in [6, 6.07) is 21.9. The van der Waals surface area contributed by atoms with Gasteiger partial charge in [0.15, 0.2) is 0 Å². The minimum Gasteiger partial charge on any atom is -0.507 e. The Balaban J connectivity index is 1.90. The highest BCUT2D eigenvalue weighted by Gasteiger charge is 2.04. The van der Waals surface area contributed by atoms with Gasteiger partial charge in [0.25, 0.3) is 0 Å². The monoisotopic (exact) mass is 275 g/mol. The maximum absolute atomic E-state index is 10.1. The van der Waals surface area contributed by atoms with Crippen molar-refractivity contribution in [1.82, 2.24) is 0 Å². The molecule has 0 aromatic heterocycles. The standard InChI is InChI=1S/C19H17NO/c1-14(15-7-3-2-4-8-15)20-13-18-11-16-9-5-6-10-17(16)12-19(18)21/h2-14,21H,1H3. The number of nitrogens with zero attached hydrogens (tertiary/aromatic N) is 1. The minimum absolute atomic E-state index is 0.0667. The summed E-state index contributed by atoms with van der Waals surface area (Å²) in [5, 5.41) is 12.2. The predicted molar refractivity (Wildman–Crippen MR) is 88.1 cm³/mol. The number of rotatable bonds is 3. The van der Waals surface area contributed by atoms with E-state index in [1.807, 2.05) is 55.5 Å². The lowest BCUT2D eigenvalue weighted by Gasteiger charge is -2.07. The molecule has 0 heterocycles. The van der Waals surface area contributed by atoms with Crippen LogP contribution in [0.5, 0.6) is 5.75 Å². The van der Waals surface area contributed by atoms with E-state index in [-0.39, 0.29) is 11.8 Å². The molecule has 0 aliphatic heterocycles. The number of aliphatic imine (C=N–C) groups is 1. The van der Waals surface area contributed by atoms with Crippen molar-refractivity contribution < 1.29 is 5.11 Å². The van der Waals surface area contributed by atoms with E-state index in [2.05, 4.69) is 17.1 Å². The molecule has 21 heavy (non-hydrogen) atoms. The van der Waals surface area contributed by atoms with Crippen molar-refractivity contribution in [3.05, 3.63) is 77.9 Å². The van der Waals surface area contributed by atoms with Gasteiger partial charge < -0.3 is 5.11 Å². The maximum Gasteiger partial charge on any atom is 0.124 e. The number of hydrogen-bond donors (Lipinski definition) is 1. The molecule has 2 heteroatoms.